The fraction of sp³-hybridized carbons (Fsp3) is 0.400. The van der Waals surface area contributed by atoms with Crippen molar-refractivity contribution in [1.82, 2.24) is 9.78 Å². The number of aromatic nitrogens is 2. The summed E-state index contributed by atoms with van der Waals surface area (Å²) >= 11 is 0. The fourth-order valence-electron chi connectivity index (χ4n) is 2.32. The number of nitrogens with zero attached hydrogens (tertiary/aromatic N) is 2. The van der Waals surface area contributed by atoms with Crippen LogP contribution in [0.4, 0.5) is 0 Å². The highest BCUT2D eigenvalue weighted by atomic mass is 15.2. The van der Waals surface area contributed by atoms with Gasteiger partial charge in [-0.3, -0.25) is 4.68 Å². The second-order valence-corrected chi connectivity index (χ2v) is 4.68. The zero-order valence-corrected chi connectivity index (χ0v) is 10.9. The van der Waals surface area contributed by atoms with Crippen molar-refractivity contribution in [1.29, 1.82) is 0 Å². The van der Waals surface area contributed by atoms with Crippen LogP contribution in [0.1, 0.15) is 30.0 Å². The van der Waals surface area contributed by atoms with Gasteiger partial charge in [0.15, 0.2) is 0 Å². The maximum absolute atomic E-state index is 5.88. The molecule has 1 unspecified atom stereocenters. The summed E-state index contributed by atoms with van der Waals surface area (Å²) in [5.41, 5.74) is 8.52. The number of rotatable bonds is 6. The molecule has 0 saturated heterocycles. The molecule has 3 heteroatoms. The molecule has 1 heterocycles. The van der Waals surface area contributed by atoms with E-state index in [-0.39, 0.29) is 0 Å². The number of aryl methyl sites for hydroxylation is 2. The smallest absolute Gasteiger partial charge is 0.0492 e. The van der Waals surface area contributed by atoms with Crippen molar-refractivity contribution >= 4 is 0 Å². The summed E-state index contributed by atoms with van der Waals surface area (Å²) in [6, 6.07) is 12.6. The molecule has 2 N–H and O–H groups in total. The minimum atomic E-state index is 0.472. The number of hydrogen-bond acceptors (Lipinski definition) is 2. The van der Waals surface area contributed by atoms with E-state index in [2.05, 4.69) is 35.4 Å². The molecule has 1 aromatic carbocycles. The Morgan fingerprint density at radius 1 is 1.22 bits per heavy atom. The molecule has 0 fully saturated rings. The van der Waals surface area contributed by atoms with Gasteiger partial charge in [-0.15, -0.1) is 0 Å². The molecule has 0 bridgehead atoms. The predicted octanol–water partition coefficient (Wildman–Crippen LogP) is 2.49. The molecule has 0 amide bonds. The van der Waals surface area contributed by atoms with Crippen LogP contribution >= 0.6 is 0 Å². The molecule has 3 nitrogen and oxygen atoms in total. The van der Waals surface area contributed by atoms with Gasteiger partial charge in [-0.1, -0.05) is 30.3 Å². The molecule has 1 atom stereocenters. The summed E-state index contributed by atoms with van der Waals surface area (Å²) in [6.07, 6.45) is 5.20. The van der Waals surface area contributed by atoms with Crippen LogP contribution in [0.2, 0.25) is 0 Å². The van der Waals surface area contributed by atoms with Crippen molar-refractivity contribution < 1.29 is 0 Å². The van der Waals surface area contributed by atoms with E-state index in [9.17, 15) is 0 Å². The number of benzene rings is 1. The Morgan fingerprint density at radius 3 is 2.61 bits per heavy atom. The molecule has 0 radical (unpaired) electrons. The van der Waals surface area contributed by atoms with E-state index >= 15 is 0 Å². The predicted molar refractivity (Wildman–Crippen MR) is 74.4 cm³/mol. The molecule has 0 aliphatic carbocycles. The highest BCUT2D eigenvalue weighted by Gasteiger charge is 2.09. The van der Waals surface area contributed by atoms with E-state index < -0.39 is 0 Å². The van der Waals surface area contributed by atoms with Gasteiger partial charge < -0.3 is 5.73 Å². The Kier molecular flexibility index (Phi) is 4.53. The summed E-state index contributed by atoms with van der Waals surface area (Å²) in [5, 5.41) is 4.18. The van der Waals surface area contributed by atoms with Gasteiger partial charge in [0, 0.05) is 18.9 Å². The molecule has 1 aromatic heterocycles. The molecule has 2 aromatic rings. The van der Waals surface area contributed by atoms with Gasteiger partial charge in [-0.25, -0.2) is 0 Å². The minimum absolute atomic E-state index is 0.472. The van der Waals surface area contributed by atoms with Crippen LogP contribution in [0.25, 0.3) is 0 Å². The van der Waals surface area contributed by atoms with Gasteiger partial charge >= 0.3 is 0 Å². The Labute approximate surface area is 109 Å². The van der Waals surface area contributed by atoms with E-state index in [1.165, 1.54) is 11.3 Å². The second kappa shape index (κ2) is 6.36. The Balaban J connectivity index is 1.87. The van der Waals surface area contributed by atoms with Crippen LogP contribution in [0.15, 0.2) is 42.6 Å². The van der Waals surface area contributed by atoms with Gasteiger partial charge in [0.2, 0.25) is 0 Å². The molecule has 0 aliphatic heterocycles. The van der Waals surface area contributed by atoms with Gasteiger partial charge in [-0.05, 0) is 43.4 Å². The average Bonchev–Trinajstić information content (AvgIpc) is 2.81. The highest BCUT2D eigenvalue weighted by molar-refractivity contribution is 5.19. The zero-order valence-electron chi connectivity index (χ0n) is 10.9. The van der Waals surface area contributed by atoms with Crippen LogP contribution in [0, 0.1) is 0 Å². The lowest BCUT2D eigenvalue weighted by Crippen LogP contribution is -2.13. The van der Waals surface area contributed by atoms with Crippen LogP contribution < -0.4 is 5.73 Å². The third-order valence-electron chi connectivity index (χ3n) is 3.46. The molecule has 0 saturated carbocycles. The topological polar surface area (TPSA) is 43.8 Å². The third kappa shape index (κ3) is 3.20. The van der Waals surface area contributed by atoms with Crippen molar-refractivity contribution in [2.24, 2.45) is 12.8 Å². The summed E-state index contributed by atoms with van der Waals surface area (Å²) in [5.74, 6) is 0.472. The minimum Gasteiger partial charge on any atom is -0.330 e. The van der Waals surface area contributed by atoms with Crippen LogP contribution in [0.3, 0.4) is 0 Å². The van der Waals surface area contributed by atoms with Crippen molar-refractivity contribution in [2.45, 2.75) is 25.2 Å². The lowest BCUT2D eigenvalue weighted by Gasteiger charge is -2.14. The fourth-order valence-corrected chi connectivity index (χ4v) is 2.32. The Hall–Kier alpha value is -1.61. The van der Waals surface area contributed by atoms with Crippen molar-refractivity contribution in [3.63, 3.8) is 0 Å². The van der Waals surface area contributed by atoms with Crippen molar-refractivity contribution in [3.8, 4) is 0 Å². The first-order valence-corrected chi connectivity index (χ1v) is 6.53. The van der Waals surface area contributed by atoms with Gasteiger partial charge in [-0.2, -0.15) is 5.10 Å². The summed E-state index contributed by atoms with van der Waals surface area (Å²) in [7, 11) is 1.99. The van der Waals surface area contributed by atoms with Gasteiger partial charge in [0.05, 0.1) is 0 Å². The second-order valence-electron chi connectivity index (χ2n) is 4.68. The molecule has 0 aliphatic rings. The van der Waals surface area contributed by atoms with Crippen LogP contribution in [-0.4, -0.2) is 16.3 Å². The summed E-state index contributed by atoms with van der Waals surface area (Å²) < 4.78 is 1.94. The van der Waals surface area contributed by atoms with Gasteiger partial charge in [0.1, 0.15) is 0 Å². The summed E-state index contributed by atoms with van der Waals surface area (Å²) in [6.45, 7) is 0.718. The zero-order chi connectivity index (χ0) is 12.8. The first-order valence-electron chi connectivity index (χ1n) is 6.53. The molecule has 96 valence electrons. The average molecular weight is 243 g/mol. The van der Waals surface area contributed by atoms with Crippen LogP contribution in [-0.2, 0) is 13.5 Å². The lowest BCUT2D eigenvalue weighted by atomic mass is 9.93. The first kappa shape index (κ1) is 12.8. The van der Waals surface area contributed by atoms with Crippen molar-refractivity contribution in [2.75, 3.05) is 6.54 Å². The van der Waals surface area contributed by atoms with E-state index in [1.54, 1.807) is 0 Å². The van der Waals surface area contributed by atoms with Crippen molar-refractivity contribution in [3.05, 3.63) is 53.9 Å². The SMILES string of the molecule is Cn1nccc1CCCC(CN)c1ccccc1. The number of nitrogens with two attached hydrogens (primary N) is 1. The highest BCUT2D eigenvalue weighted by Crippen LogP contribution is 2.20. The quantitative estimate of drug-likeness (QED) is 0.847. The largest absolute Gasteiger partial charge is 0.330 e. The van der Waals surface area contributed by atoms with E-state index in [1.807, 2.05) is 24.0 Å². The Bertz CT molecular complexity index is 462. The normalized spacial score (nSPS) is 12.6. The molecule has 2 rings (SSSR count). The van der Waals surface area contributed by atoms with Crippen LogP contribution in [0.5, 0.6) is 0 Å². The van der Waals surface area contributed by atoms with E-state index in [0.29, 0.717) is 5.92 Å². The summed E-state index contributed by atoms with van der Waals surface area (Å²) in [4.78, 5) is 0. The maximum atomic E-state index is 5.88. The molecular formula is C15H21N3. The first-order chi connectivity index (χ1) is 8.81. The molecule has 0 spiro atoms. The van der Waals surface area contributed by atoms with Gasteiger partial charge in [0.25, 0.3) is 0 Å². The monoisotopic (exact) mass is 243 g/mol. The third-order valence-corrected chi connectivity index (χ3v) is 3.46. The number of hydrogen-bond donors (Lipinski definition) is 1. The lowest BCUT2D eigenvalue weighted by molar-refractivity contribution is 0.582. The standard InChI is InChI=1S/C15H21N3/c1-18-15(10-11-17-18)9-5-8-14(12-16)13-6-3-2-4-7-13/h2-4,6-7,10-11,14H,5,8-9,12,16H2,1H3. The maximum Gasteiger partial charge on any atom is 0.0492 e. The van der Waals surface area contributed by atoms with E-state index in [4.69, 9.17) is 5.73 Å². The molecular weight excluding hydrogens is 222 g/mol. The van der Waals surface area contributed by atoms with E-state index in [0.717, 1.165) is 25.8 Å². The Morgan fingerprint density at radius 2 is 2.00 bits per heavy atom. The molecule has 18 heavy (non-hydrogen) atoms.